The Kier molecular flexibility index (Phi) is 3.07. The molecule has 0 amide bonds. The number of carboxylic acids is 1. The Balaban J connectivity index is 2.03. The molecule has 1 heterocycles. The highest BCUT2D eigenvalue weighted by molar-refractivity contribution is 5.78. The van der Waals surface area contributed by atoms with Crippen LogP contribution in [0.4, 0.5) is 0 Å². The van der Waals surface area contributed by atoms with Crippen molar-refractivity contribution in [2.45, 2.75) is 25.4 Å². The molecule has 1 aromatic carbocycles. The molecule has 1 atom stereocenters. The van der Waals surface area contributed by atoms with E-state index in [4.69, 9.17) is 9.47 Å². The van der Waals surface area contributed by atoms with E-state index >= 15 is 0 Å². The van der Waals surface area contributed by atoms with Crippen LogP contribution in [0.2, 0.25) is 0 Å². The molecule has 2 rings (SSSR count). The fourth-order valence-corrected chi connectivity index (χ4v) is 1.44. The van der Waals surface area contributed by atoms with Crippen LogP contribution in [-0.4, -0.2) is 25.3 Å². The molecule has 0 spiro atoms. The quantitative estimate of drug-likeness (QED) is 0.697. The van der Waals surface area contributed by atoms with Crippen molar-refractivity contribution in [2.75, 3.05) is 13.2 Å². The Morgan fingerprint density at radius 1 is 1.47 bits per heavy atom. The lowest BCUT2D eigenvalue weighted by molar-refractivity contribution is -0.312. The summed E-state index contributed by atoms with van der Waals surface area (Å²) in [6, 6.07) is 7.03. The second kappa shape index (κ2) is 4.37. The molecule has 0 saturated carbocycles. The molecule has 0 N–H and O–H groups in total. The van der Waals surface area contributed by atoms with Gasteiger partial charge in [-0.3, -0.25) is 0 Å². The molecule has 1 aromatic rings. The van der Waals surface area contributed by atoms with Crippen LogP contribution in [0.25, 0.3) is 0 Å². The van der Waals surface area contributed by atoms with Crippen molar-refractivity contribution in [3.8, 4) is 5.75 Å². The zero-order valence-electron chi connectivity index (χ0n) is 9.93. The molecule has 1 aliphatic rings. The van der Waals surface area contributed by atoms with Gasteiger partial charge in [0.05, 0.1) is 12.6 Å². The lowest BCUT2D eigenvalue weighted by Crippen LogP contribution is -2.41. The molecule has 0 aromatic heterocycles. The maximum absolute atomic E-state index is 11.0. The predicted octanol–water partition coefficient (Wildman–Crippen LogP) is 0.492. The summed E-state index contributed by atoms with van der Waals surface area (Å²) in [5, 5.41) is 11.0. The summed E-state index contributed by atoms with van der Waals surface area (Å²) in [4.78, 5) is 11.0. The lowest BCUT2D eigenvalue weighted by atomic mass is 9.85. The first-order chi connectivity index (χ1) is 8.00. The molecule has 4 heteroatoms. The Hall–Kier alpha value is -1.55. The summed E-state index contributed by atoms with van der Waals surface area (Å²) in [5.41, 5.74) is -0.287. The molecule has 1 unspecified atom stereocenters. The van der Waals surface area contributed by atoms with Crippen molar-refractivity contribution >= 4 is 5.97 Å². The number of carbonyl (C=O) groups excluding carboxylic acids is 1. The summed E-state index contributed by atoms with van der Waals surface area (Å²) < 4.78 is 10.5. The first-order valence-electron chi connectivity index (χ1n) is 5.56. The lowest BCUT2D eigenvalue weighted by Gasteiger charge is -2.26. The van der Waals surface area contributed by atoms with E-state index < -0.39 is 11.4 Å². The van der Waals surface area contributed by atoms with E-state index in [2.05, 4.69) is 0 Å². The summed E-state index contributed by atoms with van der Waals surface area (Å²) in [6.45, 7) is 4.55. The maximum atomic E-state index is 11.0. The molecule has 17 heavy (non-hydrogen) atoms. The van der Waals surface area contributed by atoms with Crippen molar-refractivity contribution in [3.05, 3.63) is 29.8 Å². The zero-order valence-corrected chi connectivity index (χ0v) is 9.93. The van der Waals surface area contributed by atoms with Crippen molar-refractivity contribution in [1.82, 2.24) is 0 Å². The molecular weight excluding hydrogens is 220 g/mol. The monoisotopic (exact) mass is 235 g/mol. The van der Waals surface area contributed by atoms with Crippen LogP contribution in [0.15, 0.2) is 24.3 Å². The standard InChI is InChI=1S/C13H16O4/c1-13(2,12(14)15)9-3-5-10(6-4-9)16-7-11-8-17-11/h3-6,11H,7-8H2,1-2H3,(H,14,15)/p-1. The average Bonchev–Trinajstić information content (AvgIpc) is 3.10. The SMILES string of the molecule is CC(C)(C(=O)[O-])c1ccc(OCC2CO2)cc1. The number of ether oxygens (including phenoxy) is 2. The number of hydrogen-bond donors (Lipinski definition) is 0. The fourth-order valence-electron chi connectivity index (χ4n) is 1.44. The van der Waals surface area contributed by atoms with E-state index in [0.29, 0.717) is 12.2 Å². The third-order valence-corrected chi connectivity index (χ3v) is 2.92. The number of epoxide rings is 1. The van der Waals surface area contributed by atoms with Gasteiger partial charge in [0.1, 0.15) is 18.5 Å². The topological polar surface area (TPSA) is 61.9 Å². The minimum absolute atomic E-state index is 0.217. The minimum Gasteiger partial charge on any atom is -0.549 e. The van der Waals surface area contributed by atoms with Crippen LogP contribution in [-0.2, 0) is 14.9 Å². The molecule has 92 valence electrons. The van der Waals surface area contributed by atoms with E-state index in [1.54, 1.807) is 38.1 Å². The van der Waals surface area contributed by atoms with Gasteiger partial charge in [-0.1, -0.05) is 26.0 Å². The second-order valence-corrected chi connectivity index (χ2v) is 4.70. The van der Waals surface area contributed by atoms with E-state index in [1.807, 2.05) is 0 Å². The van der Waals surface area contributed by atoms with Gasteiger partial charge in [0.25, 0.3) is 0 Å². The smallest absolute Gasteiger partial charge is 0.119 e. The molecule has 1 fully saturated rings. The number of carbonyl (C=O) groups is 1. The summed E-state index contributed by atoms with van der Waals surface area (Å²) in [7, 11) is 0. The molecule has 1 aliphatic heterocycles. The third-order valence-electron chi connectivity index (χ3n) is 2.92. The van der Waals surface area contributed by atoms with Gasteiger partial charge in [-0.2, -0.15) is 0 Å². The van der Waals surface area contributed by atoms with Crippen molar-refractivity contribution in [1.29, 1.82) is 0 Å². The van der Waals surface area contributed by atoms with Crippen LogP contribution in [0.1, 0.15) is 19.4 Å². The first kappa shape index (κ1) is 11.9. The Morgan fingerprint density at radius 2 is 2.06 bits per heavy atom. The van der Waals surface area contributed by atoms with Crippen LogP contribution in [0.5, 0.6) is 5.75 Å². The average molecular weight is 235 g/mol. The summed E-state index contributed by atoms with van der Waals surface area (Å²) in [5.74, 6) is -0.365. The van der Waals surface area contributed by atoms with E-state index in [0.717, 1.165) is 12.4 Å². The van der Waals surface area contributed by atoms with E-state index in [-0.39, 0.29) is 6.10 Å². The number of aliphatic carboxylic acids is 1. The first-order valence-corrected chi connectivity index (χ1v) is 5.56. The van der Waals surface area contributed by atoms with Gasteiger partial charge < -0.3 is 19.4 Å². The van der Waals surface area contributed by atoms with Crippen molar-refractivity contribution in [3.63, 3.8) is 0 Å². The van der Waals surface area contributed by atoms with Crippen LogP contribution >= 0.6 is 0 Å². The maximum Gasteiger partial charge on any atom is 0.119 e. The zero-order chi connectivity index (χ0) is 12.5. The highest BCUT2D eigenvalue weighted by Crippen LogP contribution is 2.25. The summed E-state index contributed by atoms with van der Waals surface area (Å²) >= 11 is 0. The van der Waals surface area contributed by atoms with Gasteiger partial charge in [-0.25, -0.2) is 0 Å². The Bertz CT molecular complexity index is 404. The van der Waals surface area contributed by atoms with Gasteiger partial charge in [-0.15, -0.1) is 0 Å². The van der Waals surface area contributed by atoms with E-state index in [9.17, 15) is 9.90 Å². The molecule has 0 aliphatic carbocycles. The molecule has 1 saturated heterocycles. The van der Waals surface area contributed by atoms with Crippen LogP contribution < -0.4 is 9.84 Å². The highest BCUT2D eigenvalue weighted by Gasteiger charge is 2.24. The molecule has 4 nitrogen and oxygen atoms in total. The third kappa shape index (κ3) is 2.77. The largest absolute Gasteiger partial charge is 0.549 e. The van der Waals surface area contributed by atoms with Gasteiger partial charge in [-0.05, 0) is 17.7 Å². The second-order valence-electron chi connectivity index (χ2n) is 4.70. The van der Waals surface area contributed by atoms with Crippen LogP contribution in [0.3, 0.4) is 0 Å². The highest BCUT2D eigenvalue weighted by atomic mass is 16.6. The van der Waals surface area contributed by atoms with Gasteiger partial charge in [0.2, 0.25) is 0 Å². The minimum atomic E-state index is -1.09. The molecule has 0 radical (unpaired) electrons. The molecule has 0 bridgehead atoms. The van der Waals surface area contributed by atoms with Crippen molar-refractivity contribution < 1.29 is 19.4 Å². The fraction of sp³-hybridized carbons (Fsp3) is 0.462. The number of carboxylic acid groups (broad SMARTS) is 1. The number of hydrogen-bond acceptors (Lipinski definition) is 4. The Labute approximate surface area is 100 Å². The summed E-state index contributed by atoms with van der Waals surface area (Å²) in [6.07, 6.45) is 0.217. The van der Waals surface area contributed by atoms with E-state index in [1.165, 1.54) is 0 Å². The van der Waals surface area contributed by atoms with Gasteiger partial charge in [0, 0.05) is 5.41 Å². The van der Waals surface area contributed by atoms with Crippen LogP contribution in [0, 0.1) is 0 Å². The van der Waals surface area contributed by atoms with Gasteiger partial charge >= 0.3 is 0 Å². The normalized spacial score (nSPS) is 18.8. The molecular formula is C13H15O4-. The Morgan fingerprint density at radius 3 is 2.53 bits per heavy atom. The van der Waals surface area contributed by atoms with Gasteiger partial charge in [0.15, 0.2) is 0 Å². The number of rotatable bonds is 5. The predicted molar refractivity (Wildman–Crippen MR) is 59.7 cm³/mol. The van der Waals surface area contributed by atoms with Crippen molar-refractivity contribution in [2.24, 2.45) is 0 Å². The number of benzene rings is 1.